The summed E-state index contributed by atoms with van der Waals surface area (Å²) in [5.74, 6) is -1.87. The first-order valence-corrected chi connectivity index (χ1v) is 11.3. The number of benzene rings is 3. The topological polar surface area (TPSA) is 85.3 Å². The molecule has 3 aromatic carbocycles. The monoisotopic (exact) mass is 491 g/mol. The van der Waals surface area contributed by atoms with Crippen LogP contribution in [0, 0.1) is 12.7 Å². The highest BCUT2D eigenvalue weighted by atomic mass is 19.1. The van der Waals surface area contributed by atoms with Crippen molar-refractivity contribution >= 4 is 23.1 Å². The average molecular weight is 492 g/mol. The predicted octanol–water partition coefficient (Wildman–Crippen LogP) is 5.18. The molecule has 8 heteroatoms. The third-order valence-electron chi connectivity index (χ3n) is 5.94. The molecular weight excluding hydrogens is 465 g/mol. The summed E-state index contributed by atoms with van der Waals surface area (Å²) in [6.07, 6.45) is 0. The molecule has 1 amide bonds. The maximum Gasteiger partial charge on any atom is 0.300 e. The average Bonchev–Trinajstić information content (AvgIpc) is 3.14. The molecule has 0 radical (unpaired) electrons. The van der Waals surface area contributed by atoms with Gasteiger partial charge in [-0.15, -0.1) is 0 Å². The molecule has 3 aromatic rings. The molecule has 1 N–H and O–H groups in total. The molecule has 7 nitrogen and oxygen atoms in total. The number of aryl methyl sites for hydroxylation is 1. The molecule has 4 rings (SSSR count). The highest BCUT2D eigenvalue weighted by Crippen LogP contribution is 2.45. The van der Waals surface area contributed by atoms with Crippen LogP contribution in [0.25, 0.3) is 5.76 Å². The second-order valence-electron chi connectivity index (χ2n) is 8.20. The lowest BCUT2D eigenvalue weighted by molar-refractivity contribution is -0.132. The number of ketones is 1. The Morgan fingerprint density at radius 1 is 0.972 bits per heavy atom. The van der Waals surface area contributed by atoms with Gasteiger partial charge >= 0.3 is 0 Å². The summed E-state index contributed by atoms with van der Waals surface area (Å²) in [7, 11) is 2.87. The largest absolute Gasteiger partial charge is 0.507 e. The Morgan fingerprint density at radius 2 is 1.69 bits per heavy atom. The van der Waals surface area contributed by atoms with Gasteiger partial charge in [-0.2, -0.15) is 0 Å². The number of Topliss-reactive ketones (excluding diaryl/α,β-unsaturated/α-hetero) is 1. The second-order valence-corrected chi connectivity index (χ2v) is 8.20. The number of halogens is 1. The number of rotatable bonds is 7. The molecule has 1 saturated heterocycles. The van der Waals surface area contributed by atoms with Crippen molar-refractivity contribution in [1.82, 2.24) is 0 Å². The third kappa shape index (κ3) is 4.37. The molecule has 1 aliphatic heterocycles. The van der Waals surface area contributed by atoms with E-state index in [0.29, 0.717) is 29.4 Å². The minimum absolute atomic E-state index is 0.0386. The van der Waals surface area contributed by atoms with Crippen LogP contribution in [0.3, 0.4) is 0 Å². The van der Waals surface area contributed by atoms with E-state index in [1.807, 2.05) is 19.9 Å². The number of carbonyl (C=O) groups is 2. The molecule has 1 atom stereocenters. The third-order valence-corrected chi connectivity index (χ3v) is 5.94. The Bertz CT molecular complexity index is 1370. The first-order valence-electron chi connectivity index (χ1n) is 11.3. The van der Waals surface area contributed by atoms with E-state index in [4.69, 9.17) is 14.2 Å². The van der Waals surface area contributed by atoms with E-state index in [1.54, 1.807) is 36.4 Å². The fraction of sp³-hybridized carbons (Fsp3) is 0.214. The quantitative estimate of drug-likeness (QED) is 0.279. The van der Waals surface area contributed by atoms with Gasteiger partial charge in [0.2, 0.25) is 0 Å². The number of hydrogen-bond donors (Lipinski definition) is 1. The summed E-state index contributed by atoms with van der Waals surface area (Å²) in [6, 6.07) is 14.7. The highest BCUT2D eigenvalue weighted by molar-refractivity contribution is 6.51. The normalized spacial score (nSPS) is 16.8. The number of anilines is 1. The van der Waals surface area contributed by atoms with E-state index in [-0.39, 0.29) is 16.9 Å². The molecule has 0 aliphatic carbocycles. The van der Waals surface area contributed by atoms with E-state index in [1.165, 1.54) is 31.3 Å². The molecule has 36 heavy (non-hydrogen) atoms. The number of ether oxygens (including phenoxy) is 3. The van der Waals surface area contributed by atoms with Crippen molar-refractivity contribution in [2.24, 2.45) is 0 Å². The van der Waals surface area contributed by atoms with Crippen molar-refractivity contribution in [2.45, 2.75) is 19.9 Å². The number of hydrogen-bond acceptors (Lipinski definition) is 6. The molecule has 0 saturated carbocycles. The second kappa shape index (κ2) is 10.1. The molecule has 0 spiro atoms. The lowest BCUT2D eigenvalue weighted by atomic mass is 9.94. The minimum atomic E-state index is -1.02. The Balaban J connectivity index is 2.01. The zero-order valence-electron chi connectivity index (χ0n) is 20.4. The van der Waals surface area contributed by atoms with Crippen molar-refractivity contribution in [3.63, 3.8) is 0 Å². The van der Waals surface area contributed by atoms with E-state index >= 15 is 0 Å². The van der Waals surface area contributed by atoms with Crippen molar-refractivity contribution in [3.8, 4) is 17.2 Å². The molecule has 186 valence electrons. The predicted molar refractivity (Wildman–Crippen MR) is 133 cm³/mol. The maximum absolute atomic E-state index is 14.1. The van der Waals surface area contributed by atoms with E-state index in [0.717, 1.165) is 11.6 Å². The number of aliphatic hydroxyl groups excluding tert-OH is 1. The maximum atomic E-state index is 14.1. The van der Waals surface area contributed by atoms with Gasteiger partial charge in [0, 0.05) is 5.69 Å². The van der Waals surface area contributed by atoms with Crippen LogP contribution < -0.4 is 19.1 Å². The Hall–Kier alpha value is -4.33. The molecule has 0 bridgehead atoms. The highest BCUT2D eigenvalue weighted by Gasteiger charge is 2.47. The van der Waals surface area contributed by atoms with Gasteiger partial charge in [-0.05, 0) is 67.4 Å². The summed E-state index contributed by atoms with van der Waals surface area (Å²) >= 11 is 0. The standard InChI is InChI=1S/C28H26FNO6/c1-5-36-23-14-17(9-11-22(23)35-4)25-24(26(31)20-15-18(29)10-12-21(20)34-3)27(32)28(33)30(25)19-8-6-7-16(2)13-19/h6-15,25,31H,5H2,1-4H3/b26-24+. The van der Waals surface area contributed by atoms with E-state index in [2.05, 4.69) is 0 Å². The zero-order valence-corrected chi connectivity index (χ0v) is 20.4. The van der Waals surface area contributed by atoms with Gasteiger partial charge in [-0.1, -0.05) is 18.2 Å². The van der Waals surface area contributed by atoms with Crippen LogP contribution in [0.5, 0.6) is 17.2 Å². The first kappa shape index (κ1) is 24.8. The first-order chi connectivity index (χ1) is 17.3. The summed E-state index contributed by atoms with van der Waals surface area (Å²) in [4.78, 5) is 28.1. The van der Waals surface area contributed by atoms with Crippen molar-refractivity contribution < 1.29 is 33.3 Å². The SMILES string of the molecule is CCOc1cc(C2/C(=C(\O)c3cc(F)ccc3OC)C(=O)C(=O)N2c2cccc(C)c2)ccc1OC. The molecule has 0 aromatic heterocycles. The lowest BCUT2D eigenvalue weighted by Crippen LogP contribution is -2.29. The number of carbonyl (C=O) groups excluding carboxylic acids is 2. The van der Waals surface area contributed by atoms with Crippen LogP contribution >= 0.6 is 0 Å². The van der Waals surface area contributed by atoms with Crippen molar-refractivity contribution in [2.75, 3.05) is 25.7 Å². The van der Waals surface area contributed by atoms with Crippen LogP contribution in [0.2, 0.25) is 0 Å². The van der Waals surface area contributed by atoms with Crippen LogP contribution in [0.15, 0.2) is 66.2 Å². The summed E-state index contributed by atoms with van der Waals surface area (Å²) in [6.45, 7) is 4.05. The minimum Gasteiger partial charge on any atom is -0.507 e. The number of aliphatic hydroxyl groups is 1. The van der Waals surface area contributed by atoms with Crippen LogP contribution in [0.4, 0.5) is 10.1 Å². The van der Waals surface area contributed by atoms with Gasteiger partial charge in [0.1, 0.15) is 17.3 Å². The van der Waals surface area contributed by atoms with Gasteiger partial charge in [-0.25, -0.2) is 4.39 Å². The Morgan fingerprint density at radius 3 is 2.36 bits per heavy atom. The number of methoxy groups -OCH3 is 2. The van der Waals surface area contributed by atoms with Gasteiger partial charge in [0.15, 0.2) is 11.5 Å². The smallest absolute Gasteiger partial charge is 0.300 e. The zero-order chi connectivity index (χ0) is 26.0. The van der Waals surface area contributed by atoms with Crippen LogP contribution in [-0.4, -0.2) is 37.6 Å². The molecule has 1 aliphatic rings. The van der Waals surface area contributed by atoms with Crippen molar-refractivity contribution in [3.05, 3.63) is 88.7 Å². The molecule has 1 fully saturated rings. The Kier molecular flexibility index (Phi) is 6.96. The lowest BCUT2D eigenvalue weighted by Gasteiger charge is -2.26. The van der Waals surface area contributed by atoms with Gasteiger partial charge in [-0.3, -0.25) is 14.5 Å². The number of nitrogens with zero attached hydrogens (tertiary/aromatic N) is 1. The summed E-state index contributed by atoms with van der Waals surface area (Å²) in [5, 5.41) is 11.3. The summed E-state index contributed by atoms with van der Waals surface area (Å²) in [5.41, 5.74) is 1.61. The molecule has 1 unspecified atom stereocenters. The fourth-order valence-corrected chi connectivity index (χ4v) is 4.33. The van der Waals surface area contributed by atoms with Crippen LogP contribution in [0.1, 0.15) is 29.7 Å². The Labute approximate surface area is 208 Å². The number of amides is 1. The summed E-state index contributed by atoms with van der Waals surface area (Å²) < 4.78 is 30.5. The van der Waals surface area contributed by atoms with Crippen LogP contribution in [-0.2, 0) is 9.59 Å². The fourth-order valence-electron chi connectivity index (χ4n) is 4.33. The van der Waals surface area contributed by atoms with E-state index < -0.39 is 29.3 Å². The van der Waals surface area contributed by atoms with Crippen molar-refractivity contribution in [1.29, 1.82) is 0 Å². The van der Waals surface area contributed by atoms with Gasteiger partial charge in [0.25, 0.3) is 11.7 Å². The molecule has 1 heterocycles. The van der Waals surface area contributed by atoms with Gasteiger partial charge in [0.05, 0.1) is 38.0 Å². The van der Waals surface area contributed by atoms with E-state index in [9.17, 15) is 19.1 Å². The molecular formula is C28H26FNO6. The van der Waals surface area contributed by atoms with Gasteiger partial charge < -0.3 is 19.3 Å².